The minimum atomic E-state index is -4.26. The number of nitrogens with zero attached hydrogens (tertiary/aromatic N) is 1. The Morgan fingerprint density at radius 2 is 2.05 bits per heavy atom. The number of benzene rings is 1. The van der Waals surface area contributed by atoms with Crippen LogP contribution in [-0.2, 0) is 4.74 Å². The molecular weight excluding hydrogens is 267 g/mol. The van der Waals surface area contributed by atoms with Crippen molar-refractivity contribution in [1.29, 1.82) is 0 Å². The van der Waals surface area contributed by atoms with Gasteiger partial charge in [-0.1, -0.05) is 36.4 Å². The highest BCUT2D eigenvalue weighted by atomic mass is 19.4. The van der Waals surface area contributed by atoms with Crippen molar-refractivity contribution in [3.8, 4) is 0 Å². The maximum Gasteiger partial charge on any atom is 0.408 e. The van der Waals surface area contributed by atoms with Crippen molar-refractivity contribution in [3.05, 3.63) is 48.6 Å². The molecular formula is C15H18F3NO. The van der Waals surface area contributed by atoms with Gasteiger partial charge in [0.05, 0.1) is 12.6 Å². The Morgan fingerprint density at radius 3 is 2.55 bits per heavy atom. The van der Waals surface area contributed by atoms with Crippen molar-refractivity contribution in [1.82, 2.24) is 4.90 Å². The molecule has 1 aromatic rings. The van der Waals surface area contributed by atoms with Gasteiger partial charge in [-0.2, -0.15) is 13.2 Å². The highest BCUT2D eigenvalue weighted by Gasteiger charge is 2.70. The van der Waals surface area contributed by atoms with E-state index in [0.717, 1.165) is 5.56 Å². The van der Waals surface area contributed by atoms with Crippen LogP contribution in [0, 0.1) is 0 Å². The van der Waals surface area contributed by atoms with E-state index in [1.807, 2.05) is 30.3 Å². The fraction of sp³-hybridized carbons (Fsp3) is 0.467. The zero-order chi connectivity index (χ0) is 14.8. The normalized spacial score (nSPS) is 27.1. The Balaban J connectivity index is 2.26. The average molecular weight is 285 g/mol. The molecule has 1 fully saturated rings. The standard InChI is InChI=1S/C15H18F3NO/c1-3-9-14(15(16,17)18)11-19(14)13(10-20-2)12-7-5-4-6-8-12/h3-8,13H,1,9-11H2,2H3/t13-,14+,19?/m0/s1. The van der Waals surface area contributed by atoms with E-state index in [9.17, 15) is 13.2 Å². The summed E-state index contributed by atoms with van der Waals surface area (Å²) in [6.07, 6.45) is -3.02. The Hall–Kier alpha value is -1.33. The highest BCUT2D eigenvalue weighted by molar-refractivity contribution is 5.26. The lowest BCUT2D eigenvalue weighted by Crippen LogP contribution is -2.38. The molecule has 0 bridgehead atoms. The van der Waals surface area contributed by atoms with Gasteiger partial charge in [-0.25, -0.2) is 0 Å². The first-order valence-electron chi connectivity index (χ1n) is 6.44. The summed E-state index contributed by atoms with van der Waals surface area (Å²) in [4.78, 5) is 1.45. The summed E-state index contributed by atoms with van der Waals surface area (Å²) in [6, 6.07) is 8.77. The molecule has 20 heavy (non-hydrogen) atoms. The average Bonchev–Trinajstić information content (AvgIpc) is 3.13. The van der Waals surface area contributed by atoms with Crippen LogP contribution in [0.2, 0.25) is 0 Å². The van der Waals surface area contributed by atoms with Gasteiger partial charge in [0.25, 0.3) is 0 Å². The van der Waals surface area contributed by atoms with Crippen LogP contribution in [-0.4, -0.2) is 36.9 Å². The monoisotopic (exact) mass is 285 g/mol. The molecule has 0 saturated carbocycles. The molecule has 2 nitrogen and oxygen atoms in total. The van der Waals surface area contributed by atoms with Crippen LogP contribution in [0.15, 0.2) is 43.0 Å². The van der Waals surface area contributed by atoms with Crippen molar-refractivity contribution in [2.45, 2.75) is 24.2 Å². The van der Waals surface area contributed by atoms with Gasteiger partial charge in [0.2, 0.25) is 0 Å². The summed E-state index contributed by atoms with van der Waals surface area (Å²) in [5, 5.41) is 0. The van der Waals surface area contributed by atoms with Crippen molar-refractivity contribution in [3.63, 3.8) is 0 Å². The highest BCUT2D eigenvalue weighted by Crippen LogP contribution is 2.53. The van der Waals surface area contributed by atoms with E-state index in [4.69, 9.17) is 4.74 Å². The molecule has 110 valence electrons. The minimum absolute atomic E-state index is 0.00849. The second-order valence-corrected chi connectivity index (χ2v) is 5.03. The van der Waals surface area contributed by atoms with Crippen LogP contribution in [0.4, 0.5) is 13.2 Å². The summed E-state index contributed by atoms with van der Waals surface area (Å²) in [5.74, 6) is 0. The molecule has 1 aliphatic rings. The van der Waals surface area contributed by atoms with Crippen LogP contribution in [0.25, 0.3) is 0 Å². The summed E-state index contributed by atoms with van der Waals surface area (Å²) in [5.41, 5.74) is -0.946. The third-order valence-electron chi connectivity index (χ3n) is 3.77. The van der Waals surface area contributed by atoms with Gasteiger partial charge in [0.1, 0.15) is 5.54 Å². The predicted octanol–water partition coefficient (Wildman–Crippen LogP) is 3.57. The molecule has 1 unspecified atom stereocenters. The van der Waals surface area contributed by atoms with Crippen LogP contribution < -0.4 is 0 Å². The van der Waals surface area contributed by atoms with Gasteiger partial charge >= 0.3 is 6.18 Å². The van der Waals surface area contributed by atoms with E-state index in [1.54, 1.807) is 0 Å². The quantitative estimate of drug-likeness (QED) is 0.585. The molecule has 1 aromatic carbocycles. The Kier molecular flexibility index (Phi) is 4.20. The minimum Gasteiger partial charge on any atom is -0.383 e. The van der Waals surface area contributed by atoms with Crippen molar-refractivity contribution in [2.24, 2.45) is 0 Å². The number of alkyl halides is 3. The number of methoxy groups -OCH3 is 1. The van der Waals surface area contributed by atoms with Gasteiger partial charge in [-0.3, -0.25) is 4.90 Å². The molecule has 1 heterocycles. The Labute approximate surface area is 116 Å². The molecule has 0 spiro atoms. The molecule has 3 atom stereocenters. The van der Waals surface area contributed by atoms with E-state index in [2.05, 4.69) is 6.58 Å². The first-order valence-corrected chi connectivity index (χ1v) is 6.44. The van der Waals surface area contributed by atoms with Crippen LogP contribution in [0.1, 0.15) is 18.0 Å². The number of ether oxygens (including phenoxy) is 1. The number of halogens is 3. The molecule has 5 heteroatoms. The molecule has 0 aliphatic carbocycles. The summed E-state index contributed by atoms with van der Waals surface area (Å²) in [7, 11) is 1.50. The van der Waals surface area contributed by atoms with Gasteiger partial charge in [-0.05, 0) is 12.0 Å². The third kappa shape index (κ3) is 2.60. The van der Waals surface area contributed by atoms with Crippen LogP contribution in [0.5, 0.6) is 0 Å². The Morgan fingerprint density at radius 1 is 1.40 bits per heavy atom. The number of hydrogen-bond donors (Lipinski definition) is 0. The van der Waals surface area contributed by atoms with Gasteiger partial charge in [0.15, 0.2) is 0 Å². The van der Waals surface area contributed by atoms with Crippen molar-refractivity contribution >= 4 is 0 Å². The topological polar surface area (TPSA) is 12.2 Å². The summed E-state index contributed by atoms with van der Waals surface area (Å²) in [6.45, 7) is 3.68. The second-order valence-electron chi connectivity index (χ2n) is 5.03. The fourth-order valence-electron chi connectivity index (χ4n) is 2.64. The molecule has 0 amide bonds. The lowest BCUT2D eigenvalue weighted by Gasteiger charge is -2.25. The lowest BCUT2D eigenvalue weighted by atomic mass is 10.0. The maximum absolute atomic E-state index is 13.3. The van der Waals surface area contributed by atoms with Crippen LogP contribution >= 0.6 is 0 Å². The van der Waals surface area contributed by atoms with E-state index in [0.29, 0.717) is 0 Å². The second kappa shape index (κ2) is 5.58. The van der Waals surface area contributed by atoms with E-state index in [1.165, 1.54) is 18.1 Å². The molecule has 0 aromatic heterocycles. The predicted molar refractivity (Wildman–Crippen MR) is 71.4 cm³/mol. The zero-order valence-corrected chi connectivity index (χ0v) is 11.4. The summed E-state index contributed by atoms with van der Waals surface area (Å²) < 4.78 is 45.1. The van der Waals surface area contributed by atoms with Crippen LogP contribution in [0.3, 0.4) is 0 Å². The number of hydrogen-bond acceptors (Lipinski definition) is 2. The fourth-order valence-corrected chi connectivity index (χ4v) is 2.64. The lowest BCUT2D eigenvalue weighted by molar-refractivity contribution is -0.173. The van der Waals surface area contributed by atoms with Crippen molar-refractivity contribution in [2.75, 3.05) is 20.3 Å². The Bertz CT molecular complexity index is 460. The largest absolute Gasteiger partial charge is 0.408 e. The first kappa shape index (κ1) is 15.1. The van der Waals surface area contributed by atoms with E-state index >= 15 is 0 Å². The molecule has 0 radical (unpaired) electrons. The van der Waals surface area contributed by atoms with E-state index < -0.39 is 11.7 Å². The molecule has 0 N–H and O–H groups in total. The molecule has 1 aliphatic heterocycles. The smallest absolute Gasteiger partial charge is 0.383 e. The van der Waals surface area contributed by atoms with Crippen molar-refractivity contribution < 1.29 is 17.9 Å². The van der Waals surface area contributed by atoms with Gasteiger partial charge in [-0.15, -0.1) is 6.58 Å². The van der Waals surface area contributed by atoms with Gasteiger partial charge in [0, 0.05) is 13.7 Å². The van der Waals surface area contributed by atoms with E-state index in [-0.39, 0.29) is 25.6 Å². The maximum atomic E-state index is 13.3. The first-order chi connectivity index (χ1) is 9.46. The number of rotatable bonds is 6. The SMILES string of the molecule is C=CC[C@]1(C(F)(F)F)CN1[C@@H](COC)c1ccccc1. The van der Waals surface area contributed by atoms with Gasteiger partial charge < -0.3 is 4.74 Å². The molecule has 2 rings (SSSR count). The zero-order valence-electron chi connectivity index (χ0n) is 11.4. The molecule has 1 saturated heterocycles. The third-order valence-corrected chi connectivity index (χ3v) is 3.77. The summed E-state index contributed by atoms with van der Waals surface area (Å²) >= 11 is 0.